The van der Waals surface area contributed by atoms with Crippen LogP contribution in [-0.2, 0) is 6.42 Å². The van der Waals surface area contributed by atoms with Crippen molar-refractivity contribution in [3.05, 3.63) is 17.5 Å². The average Bonchev–Trinajstić information content (AvgIpc) is 2.15. The van der Waals surface area contributed by atoms with Gasteiger partial charge < -0.3 is 9.84 Å². The number of ether oxygens (including phenoxy) is 1. The number of nitrogens with zero attached hydrogens (tertiary/aromatic N) is 2. The van der Waals surface area contributed by atoms with Crippen molar-refractivity contribution in [1.29, 1.82) is 5.26 Å². The molecule has 0 fully saturated rings. The normalized spacial score (nSPS) is 10.9. The van der Waals surface area contributed by atoms with Crippen LogP contribution in [0.1, 0.15) is 11.3 Å². The molecule has 0 aromatic carbocycles. The van der Waals surface area contributed by atoms with Gasteiger partial charge in [0.05, 0.1) is 29.9 Å². The lowest BCUT2D eigenvalue weighted by Crippen LogP contribution is -2.18. The average molecular weight is 232 g/mol. The molecule has 1 aromatic heterocycles. The van der Waals surface area contributed by atoms with E-state index < -0.39 is 17.9 Å². The number of aromatic nitrogens is 1. The van der Waals surface area contributed by atoms with Crippen molar-refractivity contribution in [3.63, 3.8) is 0 Å². The van der Waals surface area contributed by atoms with E-state index in [1.807, 2.05) is 0 Å². The van der Waals surface area contributed by atoms with Gasteiger partial charge in [-0.2, -0.15) is 5.26 Å². The molecule has 0 aliphatic carbocycles. The number of nitriles is 1. The summed E-state index contributed by atoms with van der Waals surface area (Å²) in [6.07, 6.45) is -4.44. The van der Waals surface area contributed by atoms with E-state index in [9.17, 15) is 18.3 Å². The molecular formula is C9H7F3N2O2. The molecule has 0 amide bonds. The van der Waals surface area contributed by atoms with Crippen LogP contribution in [0.3, 0.4) is 0 Å². The van der Waals surface area contributed by atoms with Crippen LogP contribution in [0.15, 0.2) is 6.20 Å². The summed E-state index contributed by atoms with van der Waals surface area (Å²) in [6, 6.07) is 1.64. The van der Waals surface area contributed by atoms with Crippen LogP contribution in [0.2, 0.25) is 0 Å². The Morgan fingerprint density at radius 3 is 2.69 bits per heavy atom. The first-order valence-corrected chi connectivity index (χ1v) is 4.15. The molecule has 0 aliphatic heterocycles. The summed E-state index contributed by atoms with van der Waals surface area (Å²) in [6.45, 7) is 1.41. The van der Waals surface area contributed by atoms with Crippen molar-refractivity contribution in [2.24, 2.45) is 0 Å². The number of alkyl halides is 3. The summed E-state index contributed by atoms with van der Waals surface area (Å²) in [5.74, 6) is -1.11. The molecule has 0 saturated carbocycles. The fourth-order valence-electron chi connectivity index (χ4n) is 1.09. The zero-order valence-corrected chi connectivity index (χ0v) is 8.17. The number of hydrogen-bond acceptors (Lipinski definition) is 4. The molecule has 0 spiro atoms. The predicted octanol–water partition coefficient (Wildman–Crippen LogP) is 2.06. The Morgan fingerprint density at radius 2 is 2.19 bits per heavy atom. The SMILES string of the molecule is Cc1ncc(OC(F)(F)F)c(CC#N)c1O. The molecule has 1 aromatic rings. The van der Waals surface area contributed by atoms with Gasteiger partial charge in [-0.15, -0.1) is 13.2 Å². The van der Waals surface area contributed by atoms with Crippen LogP contribution in [-0.4, -0.2) is 16.5 Å². The number of pyridine rings is 1. The molecule has 1 N–H and O–H groups in total. The maximum absolute atomic E-state index is 12.0. The van der Waals surface area contributed by atoms with Gasteiger partial charge in [-0.25, -0.2) is 0 Å². The minimum atomic E-state index is -4.88. The second-order valence-corrected chi connectivity index (χ2v) is 2.92. The van der Waals surface area contributed by atoms with E-state index in [4.69, 9.17) is 5.26 Å². The maximum atomic E-state index is 12.0. The van der Waals surface area contributed by atoms with Crippen molar-refractivity contribution in [1.82, 2.24) is 4.98 Å². The minimum absolute atomic E-state index is 0.139. The van der Waals surface area contributed by atoms with Gasteiger partial charge in [0, 0.05) is 0 Å². The Kier molecular flexibility index (Phi) is 3.22. The second-order valence-electron chi connectivity index (χ2n) is 2.92. The molecule has 1 rings (SSSR count). The fraction of sp³-hybridized carbons (Fsp3) is 0.333. The third-order valence-electron chi connectivity index (χ3n) is 1.78. The van der Waals surface area contributed by atoms with E-state index in [0.29, 0.717) is 0 Å². The third kappa shape index (κ3) is 2.76. The van der Waals surface area contributed by atoms with Crippen LogP contribution in [0.5, 0.6) is 11.5 Å². The summed E-state index contributed by atoms with van der Waals surface area (Å²) in [4.78, 5) is 3.52. The van der Waals surface area contributed by atoms with Gasteiger partial charge in [0.1, 0.15) is 5.75 Å². The van der Waals surface area contributed by atoms with E-state index >= 15 is 0 Å². The van der Waals surface area contributed by atoms with E-state index in [1.54, 1.807) is 6.07 Å². The van der Waals surface area contributed by atoms with Gasteiger partial charge in [-0.1, -0.05) is 0 Å². The molecule has 0 aliphatic rings. The van der Waals surface area contributed by atoms with Crippen molar-refractivity contribution in [2.45, 2.75) is 19.7 Å². The highest BCUT2D eigenvalue weighted by molar-refractivity contribution is 5.46. The number of aromatic hydroxyl groups is 1. The highest BCUT2D eigenvalue weighted by Gasteiger charge is 2.33. The molecule has 7 heteroatoms. The number of hydrogen-bond donors (Lipinski definition) is 1. The summed E-state index contributed by atoms with van der Waals surface area (Å²) < 4.78 is 39.6. The Hall–Kier alpha value is -1.97. The molecule has 0 bridgehead atoms. The summed E-state index contributed by atoms with van der Waals surface area (Å²) >= 11 is 0. The van der Waals surface area contributed by atoms with Crippen LogP contribution in [0.25, 0.3) is 0 Å². The molecule has 0 saturated heterocycles. The van der Waals surface area contributed by atoms with E-state index in [2.05, 4.69) is 9.72 Å². The van der Waals surface area contributed by atoms with Gasteiger partial charge in [-0.05, 0) is 6.92 Å². The Balaban J connectivity index is 3.19. The molecule has 16 heavy (non-hydrogen) atoms. The molecule has 86 valence electrons. The summed E-state index contributed by atoms with van der Waals surface area (Å²) in [5.41, 5.74) is -0.0768. The van der Waals surface area contributed by atoms with Crippen molar-refractivity contribution in [2.75, 3.05) is 0 Å². The quantitative estimate of drug-likeness (QED) is 0.847. The molecule has 0 unspecified atom stereocenters. The molecule has 1 heterocycles. The number of rotatable bonds is 2. The van der Waals surface area contributed by atoms with Crippen molar-refractivity contribution in [3.8, 4) is 17.6 Å². The van der Waals surface area contributed by atoms with Crippen LogP contribution in [0.4, 0.5) is 13.2 Å². The van der Waals surface area contributed by atoms with Gasteiger partial charge in [0.25, 0.3) is 0 Å². The first-order chi connectivity index (χ1) is 7.35. The molecule has 0 radical (unpaired) electrons. The zero-order chi connectivity index (χ0) is 12.3. The van der Waals surface area contributed by atoms with Crippen molar-refractivity contribution < 1.29 is 23.0 Å². The second kappa shape index (κ2) is 4.26. The van der Waals surface area contributed by atoms with Gasteiger partial charge >= 0.3 is 6.36 Å². The molecular weight excluding hydrogens is 225 g/mol. The smallest absolute Gasteiger partial charge is 0.506 e. The minimum Gasteiger partial charge on any atom is -0.506 e. The van der Waals surface area contributed by atoms with Gasteiger partial charge in [0.15, 0.2) is 5.75 Å². The lowest BCUT2D eigenvalue weighted by molar-refractivity contribution is -0.275. The largest absolute Gasteiger partial charge is 0.573 e. The molecule has 4 nitrogen and oxygen atoms in total. The molecule has 0 atom stereocenters. The predicted molar refractivity (Wildman–Crippen MR) is 46.6 cm³/mol. The summed E-state index contributed by atoms with van der Waals surface area (Å²) in [7, 11) is 0. The zero-order valence-electron chi connectivity index (χ0n) is 8.17. The van der Waals surface area contributed by atoms with E-state index in [-0.39, 0.29) is 17.7 Å². The maximum Gasteiger partial charge on any atom is 0.573 e. The lowest BCUT2D eigenvalue weighted by Gasteiger charge is -2.13. The topological polar surface area (TPSA) is 66.1 Å². The van der Waals surface area contributed by atoms with E-state index in [0.717, 1.165) is 6.20 Å². The first kappa shape index (κ1) is 12.1. The third-order valence-corrected chi connectivity index (χ3v) is 1.78. The number of aryl methyl sites for hydroxylation is 1. The van der Waals surface area contributed by atoms with Crippen LogP contribution >= 0.6 is 0 Å². The Morgan fingerprint density at radius 1 is 1.56 bits per heavy atom. The Bertz CT molecular complexity index is 438. The monoisotopic (exact) mass is 232 g/mol. The van der Waals surface area contributed by atoms with Crippen LogP contribution < -0.4 is 4.74 Å². The lowest BCUT2D eigenvalue weighted by atomic mass is 10.1. The van der Waals surface area contributed by atoms with E-state index in [1.165, 1.54) is 6.92 Å². The van der Waals surface area contributed by atoms with Crippen LogP contribution in [0, 0.1) is 18.3 Å². The first-order valence-electron chi connectivity index (χ1n) is 4.15. The van der Waals surface area contributed by atoms with Gasteiger partial charge in [0.2, 0.25) is 0 Å². The number of halogens is 3. The highest BCUT2D eigenvalue weighted by atomic mass is 19.4. The Labute approximate surface area is 88.9 Å². The summed E-state index contributed by atoms with van der Waals surface area (Å²) in [5, 5.41) is 17.9. The fourth-order valence-corrected chi connectivity index (χ4v) is 1.09. The highest BCUT2D eigenvalue weighted by Crippen LogP contribution is 2.32. The van der Waals surface area contributed by atoms with Crippen molar-refractivity contribution >= 4 is 0 Å². The standard InChI is InChI=1S/C9H7F3N2O2/c1-5-8(15)6(2-3-13)7(4-14-5)16-9(10,11)12/h4,15H,2H2,1H3. The van der Waals surface area contributed by atoms with Gasteiger partial charge in [-0.3, -0.25) is 4.98 Å².